The van der Waals surface area contributed by atoms with E-state index >= 15 is 0 Å². The summed E-state index contributed by atoms with van der Waals surface area (Å²) in [6, 6.07) is 0. The van der Waals surface area contributed by atoms with Crippen molar-refractivity contribution in [3.63, 3.8) is 0 Å². The number of carbonyl (C=O) groups excluding carboxylic acids is 2. The van der Waals surface area contributed by atoms with Crippen molar-refractivity contribution in [3.8, 4) is 0 Å². The molecule has 6 aliphatic rings. The van der Waals surface area contributed by atoms with Crippen molar-refractivity contribution in [3.05, 3.63) is 0 Å². The van der Waals surface area contributed by atoms with Crippen molar-refractivity contribution in [2.75, 3.05) is 19.8 Å². The zero-order valence-corrected chi connectivity index (χ0v) is 28.8. The molecule has 0 amide bonds. The van der Waals surface area contributed by atoms with Gasteiger partial charge in [0.1, 0.15) is 6.10 Å². The van der Waals surface area contributed by atoms with Crippen molar-refractivity contribution in [1.29, 1.82) is 0 Å². The summed E-state index contributed by atoms with van der Waals surface area (Å²) in [6.07, 6.45) is 5.18. The third-order valence-corrected chi connectivity index (χ3v) is 14.7. The minimum Gasteiger partial charge on any atom is -0.457 e. The summed E-state index contributed by atoms with van der Waals surface area (Å²) in [6.45, 7) is 15.9. The van der Waals surface area contributed by atoms with E-state index in [-0.39, 0.29) is 71.1 Å². The van der Waals surface area contributed by atoms with E-state index in [1.807, 2.05) is 0 Å². The zero-order chi connectivity index (χ0) is 33.0. The van der Waals surface area contributed by atoms with Crippen LogP contribution in [0, 0.1) is 50.7 Å². The van der Waals surface area contributed by atoms with Gasteiger partial charge in [-0.15, -0.1) is 0 Å². The quantitative estimate of drug-likeness (QED) is 0.249. The number of aliphatic hydroxyl groups excluding tert-OH is 2. The van der Waals surface area contributed by atoms with E-state index in [1.54, 1.807) is 13.8 Å². The zero-order valence-electron chi connectivity index (χ0n) is 28.8. The molecule has 3 N–H and O–H groups in total. The van der Waals surface area contributed by atoms with Crippen LogP contribution in [0.1, 0.15) is 107 Å². The second-order valence-electron chi connectivity index (χ2n) is 17.4. The van der Waals surface area contributed by atoms with Crippen LogP contribution in [0.5, 0.6) is 0 Å². The SMILES string of the molecule is CC(=O)O[C@@H]([C@H]1C[C@@H](C)C2[C@H](O1)C(=O)[C@@]1(C)[C@@H]3CC[C@H]4C(C)(C)[C@@H](O[C@@H](CO)OCCO)CC[C@@]45C[C@@]35CC[C@]21C)C(C)(C)O. The smallest absolute Gasteiger partial charge is 0.303 e. The first-order valence-electron chi connectivity index (χ1n) is 17.5. The molecule has 9 nitrogen and oxygen atoms in total. The van der Waals surface area contributed by atoms with Crippen molar-refractivity contribution >= 4 is 11.8 Å². The van der Waals surface area contributed by atoms with Crippen LogP contribution in [0.25, 0.3) is 0 Å². The maximum Gasteiger partial charge on any atom is 0.303 e. The molecule has 0 bridgehead atoms. The molecule has 5 aliphatic carbocycles. The fourth-order valence-corrected chi connectivity index (χ4v) is 12.8. The van der Waals surface area contributed by atoms with Gasteiger partial charge in [-0.25, -0.2) is 0 Å². The number of Topliss-reactive ketones (excluding diaryl/α,β-unsaturated/α-hetero) is 1. The van der Waals surface area contributed by atoms with Gasteiger partial charge >= 0.3 is 5.97 Å². The Labute approximate surface area is 269 Å². The summed E-state index contributed by atoms with van der Waals surface area (Å²) < 4.78 is 24.3. The Bertz CT molecular complexity index is 1180. The molecule has 6 rings (SSSR count). The molecule has 9 heteroatoms. The highest BCUT2D eigenvalue weighted by Crippen LogP contribution is 2.89. The van der Waals surface area contributed by atoms with Crippen molar-refractivity contribution < 1.29 is 43.9 Å². The van der Waals surface area contributed by atoms with Crippen molar-refractivity contribution in [2.24, 2.45) is 50.7 Å². The van der Waals surface area contributed by atoms with E-state index in [0.29, 0.717) is 12.3 Å². The van der Waals surface area contributed by atoms with Gasteiger partial charge in [-0.3, -0.25) is 9.59 Å². The number of ether oxygens (including phenoxy) is 4. The number of aliphatic hydroxyl groups is 3. The molecule has 1 saturated heterocycles. The Morgan fingerprint density at radius 3 is 2.33 bits per heavy atom. The van der Waals surface area contributed by atoms with Crippen LogP contribution in [0.3, 0.4) is 0 Å². The minimum absolute atomic E-state index is 0.0503. The first-order valence-corrected chi connectivity index (χ1v) is 17.5. The molecular formula is C36H58O9. The van der Waals surface area contributed by atoms with E-state index in [0.717, 1.165) is 44.9 Å². The van der Waals surface area contributed by atoms with Crippen LogP contribution in [-0.4, -0.2) is 83.2 Å². The summed E-state index contributed by atoms with van der Waals surface area (Å²) in [5.74, 6) is 0.776. The largest absolute Gasteiger partial charge is 0.457 e. The molecule has 6 fully saturated rings. The van der Waals surface area contributed by atoms with E-state index in [4.69, 9.17) is 18.9 Å². The van der Waals surface area contributed by atoms with Gasteiger partial charge in [0, 0.05) is 18.3 Å². The highest BCUT2D eigenvalue weighted by molar-refractivity contribution is 5.93. The topological polar surface area (TPSA) is 132 Å². The van der Waals surface area contributed by atoms with Gasteiger partial charge in [0.2, 0.25) is 0 Å². The lowest BCUT2D eigenvalue weighted by atomic mass is 9.41. The summed E-state index contributed by atoms with van der Waals surface area (Å²) in [5, 5.41) is 30.1. The summed E-state index contributed by atoms with van der Waals surface area (Å²) in [4.78, 5) is 26.9. The van der Waals surface area contributed by atoms with Gasteiger partial charge in [-0.2, -0.15) is 0 Å². The van der Waals surface area contributed by atoms with Crippen molar-refractivity contribution in [1.82, 2.24) is 0 Å². The van der Waals surface area contributed by atoms with Gasteiger partial charge in [0.25, 0.3) is 0 Å². The number of esters is 1. The summed E-state index contributed by atoms with van der Waals surface area (Å²) in [5.41, 5.74) is -1.80. The second kappa shape index (κ2) is 11.0. The Morgan fingerprint density at radius 2 is 1.71 bits per heavy atom. The molecule has 5 saturated carbocycles. The maximum atomic E-state index is 14.9. The van der Waals surface area contributed by atoms with Crippen molar-refractivity contribution in [2.45, 2.75) is 143 Å². The van der Waals surface area contributed by atoms with Gasteiger partial charge in [0.15, 0.2) is 18.2 Å². The first kappa shape index (κ1) is 33.8. The van der Waals surface area contributed by atoms with E-state index in [1.165, 1.54) is 6.92 Å². The van der Waals surface area contributed by atoms with Crippen LogP contribution in [0.2, 0.25) is 0 Å². The fraction of sp³-hybridized carbons (Fsp3) is 0.944. The van der Waals surface area contributed by atoms with E-state index < -0.39 is 41.6 Å². The fourth-order valence-electron chi connectivity index (χ4n) is 12.8. The lowest BCUT2D eigenvalue weighted by molar-refractivity contribution is -0.241. The molecule has 1 aliphatic heterocycles. The third kappa shape index (κ3) is 4.60. The average molecular weight is 635 g/mol. The number of hydrogen-bond donors (Lipinski definition) is 3. The van der Waals surface area contributed by atoms with Crippen LogP contribution in [0.4, 0.5) is 0 Å². The number of fused-ring (bicyclic) bond motifs is 4. The Balaban J connectivity index is 1.27. The molecule has 0 aromatic carbocycles. The predicted octanol–water partition coefficient (Wildman–Crippen LogP) is 4.42. The Kier molecular flexibility index (Phi) is 8.23. The highest BCUT2D eigenvalue weighted by atomic mass is 16.7. The highest BCUT2D eigenvalue weighted by Gasteiger charge is 2.85. The van der Waals surface area contributed by atoms with E-state index in [2.05, 4.69) is 34.6 Å². The predicted molar refractivity (Wildman–Crippen MR) is 166 cm³/mol. The Hall–Kier alpha value is -1.10. The molecule has 0 radical (unpaired) electrons. The monoisotopic (exact) mass is 634 g/mol. The first-order chi connectivity index (χ1) is 20.9. The van der Waals surface area contributed by atoms with Gasteiger partial charge in [-0.05, 0) is 105 Å². The number of carbonyl (C=O) groups is 2. The standard InChI is InChI=1S/C36H58O9/c1-20-17-22(30(32(5,6)41)43-21(2)39)44-28-27(20)33(7)13-14-36-19-35(36)12-11-25(45-26(18-38)42-16-15-37)31(3,4)23(35)9-10-24(36)34(33,8)29(28)40/h20,22-28,30,37-38,41H,9-19H2,1-8H3/t20-,22-,23+,24+,25+,26+,27?,28+,30+,33-,34-,35-,36+/m1/s1. The molecule has 256 valence electrons. The van der Waals surface area contributed by atoms with Crippen LogP contribution >= 0.6 is 0 Å². The number of rotatable bonds is 9. The maximum absolute atomic E-state index is 14.9. The summed E-state index contributed by atoms with van der Waals surface area (Å²) in [7, 11) is 0. The number of hydrogen-bond acceptors (Lipinski definition) is 9. The van der Waals surface area contributed by atoms with Crippen LogP contribution < -0.4 is 0 Å². The lowest BCUT2D eigenvalue weighted by Gasteiger charge is -2.62. The van der Waals surface area contributed by atoms with Gasteiger partial charge < -0.3 is 34.3 Å². The molecule has 13 atom stereocenters. The van der Waals surface area contributed by atoms with Gasteiger partial charge in [-0.1, -0.05) is 34.6 Å². The second-order valence-corrected chi connectivity index (χ2v) is 17.4. The molecule has 0 aromatic rings. The van der Waals surface area contributed by atoms with Crippen LogP contribution in [0.15, 0.2) is 0 Å². The molecular weight excluding hydrogens is 576 g/mol. The lowest BCUT2D eigenvalue weighted by Crippen LogP contribution is -2.59. The molecule has 1 heterocycles. The molecule has 45 heavy (non-hydrogen) atoms. The molecule has 0 aromatic heterocycles. The average Bonchev–Trinajstić information content (AvgIpc) is 3.59. The Morgan fingerprint density at radius 1 is 1.04 bits per heavy atom. The summed E-state index contributed by atoms with van der Waals surface area (Å²) >= 11 is 0. The molecule has 2 spiro atoms. The normalized spacial score (nSPS) is 47.8. The number of ketones is 1. The van der Waals surface area contributed by atoms with Crippen LogP contribution in [-0.2, 0) is 28.5 Å². The van der Waals surface area contributed by atoms with Gasteiger partial charge in [0.05, 0.1) is 37.6 Å². The van der Waals surface area contributed by atoms with E-state index in [9.17, 15) is 24.9 Å². The third-order valence-electron chi connectivity index (χ3n) is 14.7. The minimum atomic E-state index is -1.30. The molecule has 1 unspecified atom stereocenters.